The molecule has 4 nitrogen and oxygen atoms in total. The van der Waals surface area contributed by atoms with Gasteiger partial charge in [-0.1, -0.05) is 54.1 Å². The number of nitrogens with zero attached hydrogens (tertiary/aromatic N) is 2. The highest BCUT2D eigenvalue weighted by Gasteiger charge is 2.23. The maximum Gasteiger partial charge on any atom is 0.227 e. The van der Waals surface area contributed by atoms with Crippen molar-refractivity contribution in [3.63, 3.8) is 0 Å². The van der Waals surface area contributed by atoms with Crippen LogP contribution in [-0.4, -0.2) is 47.8 Å². The molecule has 0 radical (unpaired) electrons. The molecule has 0 aliphatic carbocycles. The van der Waals surface area contributed by atoms with Gasteiger partial charge in [-0.3, -0.25) is 9.59 Å². The Balaban J connectivity index is 1.43. The van der Waals surface area contributed by atoms with E-state index in [0.717, 1.165) is 11.1 Å². The summed E-state index contributed by atoms with van der Waals surface area (Å²) in [6, 6.07) is 17.4. The Morgan fingerprint density at radius 3 is 1.96 bits per heavy atom. The van der Waals surface area contributed by atoms with E-state index >= 15 is 0 Å². The molecule has 0 saturated carbocycles. The van der Waals surface area contributed by atoms with Crippen LogP contribution in [0.5, 0.6) is 0 Å². The van der Waals surface area contributed by atoms with Gasteiger partial charge >= 0.3 is 0 Å². The van der Waals surface area contributed by atoms with Gasteiger partial charge in [0, 0.05) is 37.6 Å². The van der Waals surface area contributed by atoms with E-state index in [2.05, 4.69) is 0 Å². The molecule has 0 bridgehead atoms. The summed E-state index contributed by atoms with van der Waals surface area (Å²) in [5, 5.41) is 0.705. The molecule has 1 aliphatic rings. The van der Waals surface area contributed by atoms with Crippen molar-refractivity contribution in [2.75, 3.05) is 26.2 Å². The molecule has 0 aromatic heterocycles. The van der Waals surface area contributed by atoms with Crippen molar-refractivity contribution in [3.8, 4) is 0 Å². The zero-order valence-electron chi connectivity index (χ0n) is 14.7. The smallest absolute Gasteiger partial charge is 0.227 e. The van der Waals surface area contributed by atoms with Crippen LogP contribution in [-0.2, 0) is 22.4 Å². The second kappa shape index (κ2) is 8.86. The molecule has 2 aromatic rings. The molecule has 1 aliphatic heterocycles. The van der Waals surface area contributed by atoms with Crippen molar-refractivity contribution in [2.45, 2.75) is 19.3 Å². The first-order chi connectivity index (χ1) is 12.6. The second-order valence-electron chi connectivity index (χ2n) is 6.55. The van der Waals surface area contributed by atoms with Crippen LogP contribution in [0.1, 0.15) is 17.5 Å². The normalized spacial score (nSPS) is 14.3. The summed E-state index contributed by atoms with van der Waals surface area (Å²) in [7, 11) is 0. The summed E-state index contributed by atoms with van der Waals surface area (Å²) in [5.74, 6) is 0.277. The fourth-order valence-electron chi connectivity index (χ4n) is 3.15. The summed E-state index contributed by atoms with van der Waals surface area (Å²) in [6.45, 7) is 2.44. The van der Waals surface area contributed by atoms with Crippen molar-refractivity contribution in [1.82, 2.24) is 9.80 Å². The van der Waals surface area contributed by atoms with Gasteiger partial charge in [-0.2, -0.15) is 0 Å². The van der Waals surface area contributed by atoms with Crippen LogP contribution in [0.25, 0.3) is 0 Å². The van der Waals surface area contributed by atoms with Crippen LogP contribution in [0.3, 0.4) is 0 Å². The lowest BCUT2D eigenvalue weighted by atomic mass is 10.1. The number of hydrogen-bond donors (Lipinski definition) is 0. The first-order valence-corrected chi connectivity index (χ1v) is 9.33. The largest absolute Gasteiger partial charge is 0.339 e. The van der Waals surface area contributed by atoms with Gasteiger partial charge in [0.2, 0.25) is 11.8 Å². The van der Waals surface area contributed by atoms with Gasteiger partial charge in [-0.05, 0) is 29.7 Å². The standard InChI is InChI=1S/C21H23ClN2O2/c22-19-9-6-17(7-10-19)8-11-20(25)23-12-14-24(15-13-23)21(26)16-18-4-2-1-3-5-18/h1-7,9-10H,8,11-16H2. The van der Waals surface area contributed by atoms with Gasteiger partial charge in [0.05, 0.1) is 6.42 Å². The zero-order valence-corrected chi connectivity index (χ0v) is 15.5. The molecule has 2 aromatic carbocycles. The third kappa shape index (κ3) is 5.09. The molecule has 1 heterocycles. The number of hydrogen-bond acceptors (Lipinski definition) is 2. The van der Waals surface area contributed by atoms with Crippen LogP contribution >= 0.6 is 11.6 Å². The number of aryl methyl sites for hydroxylation is 1. The van der Waals surface area contributed by atoms with Crippen molar-refractivity contribution in [1.29, 1.82) is 0 Å². The minimum absolute atomic E-state index is 0.129. The molecule has 136 valence electrons. The predicted molar refractivity (Wildman–Crippen MR) is 103 cm³/mol. The fraction of sp³-hybridized carbons (Fsp3) is 0.333. The number of carbonyl (C=O) groups is 2. The van der Waals surface area contributed by atoms with Gasteiger partial charge < -0.3 is 9.80 Å². The van der Waals surface area contributed by atoms with Crippen LogP contribution < -0.4 is 0 Å². The molecule has 0 atom stereocenters. The van der Waals surface area contributed by atoms with Crippen molar-refractivity contribution in [2.24, 2.45) is 0 Å². The van der Waals surface area contributed by atoms with E-state index in [9.17, 15) is 9.59 Å². The third-order valence-corrected chi connectivity index (χ3v) is 4.98. The maximum atomic E-state index is 12.4. The topological polar surface area (TPSA) is 40.6 Å². The van der Waals surface area contributed by atoms with E-state index in [0.29, 0.717) is 50.5 Å². The number of halogens is 1. The highest BCUT2D eigenvalue weighted by Crippen LogP contribution is 2.13. The fourth-order valence-corrected chi connectivity index (χ4v) is 3.27. The monoisotopic (exact) mass is 370 g/mol. The van der Waals surface area contributed by atoms with Gasteiger partial charge in [0.1, 0.15) is 0 Å². The minimum atomic E-state index is 0.129. The summed E-state index contributed by atoms with van der Waals surface area (Å²) < 4.78 is 0. The molecule has 26 heavy (non-hydrogen) atoms. The van der Waals surface area contributed by atoms with Gasteiger partial charge in [-0.25, -0.2) is 0 Å². The average Bonchev–Trinajstić information content (AvgIpc) is 2.68. The zero-order chi connectivity index (χ0) is 18.4. The molecule has 3 rings (SSSR count). The quantitative estimate of drug-likeness (QED) is 0.811. The maximum absolute atomic E-state index is 12.4. The summed E-state index contributed by atoms with van der Waals surface area (Å²) in [6.07, 6.45) is 1.62. The lowest BCUT2D eigenvalue weighted by molar-refractivity contribution is -0.139. The molecular formula is C21H23ClN2O2. The van der Waals surface area contributed by atoms with Gasteiger partial charge in [0.25, 0.3) is 0 Å². The highest BCUT2D eigenvalue weighted by molar-refractivity contribution is 6.30. The molecule has 0 spiro atoms. The number of piperazine rings is 1. The van der Waals surface area contributed by atoms with Gasteiger partial charge in [-0.15, -0.1) is 0 Å². The lowest BCUT2D eigenvalue weighted by Crippen LogP contribution is -2.51. The second-order valence-corrected chi connectivity index (χ2v) is 6.99. The van der Waals surface area contributed by atoms with Gasteiger partial charge in [0.15, 0.2) is 0 Å². The van der Waals surface area contributed by atoms with E-state index in [1.807, 2.05) is 64.4 Å². The van der Waals surface area contributed by atoms with Crippen LogP contribution in [0.4, 0.5) is 0 Å². The van der Waals surface area contributed by atoms with Crippen molar-refractivity contribution >= 4 is 23.4 Å². The Hall–Kier alpha value is -2.33. The Morgan fingerprint density at radius 1 is 0.769 bits per heavy atom. The molecule has 1 fully saturated rings. The Kier molecular flexibility index (Phi) is 6.29. The van der Waals surface area contributed by atoms with E-state index in [4.69, 9.17) is 11.6 Å². The first-order valence-electron chi connectivity index (χ1n) is 8.96. The minimum Gasteiger partial charge on any atom is -0.339 e. The highest BCUT2D eigenvalue weighted by atomic mass is 35.5. The Morgan fingerprint density at radius 2 is 1.35 bits per heavy atom. The summed E-state index contributed by atoms with van der Waals surface area (Å²) >= 11 is 5.88. The molecule has 5 heteroatoms. The van der Waals surface area contributed by atoms with Crippen molar-refractivity contribution < 1.29 is 9.59 Å². The molecule has 0 N–H and O–H groups in total. The average molecular weight is 371 g/mol. The van der Waals surface area contributed by atoms with Crippen LogP contribution in [0.15, 0.2) is 54.6 Å². The number of carbonyl (C=O) groups excluding carboxylic acids is 2. The van der Waals surface area contributed by atoms with E-state index < -0.39 is 0 Å². The van der Waals surface area contributed by atoms with E-state index in [1.54, 1.807) is 0 Å². The van der Waals surface area contributed by atoms with E-state index in [-0.39, 0.29) is 11.8 Å². The Bertz CT molecular complexity index is 738. The number of amides is 2. The van der Waals surface area contributed by atoms with E-state index in [1.165, 1.54) is 0 Å². The predicted octanol–water partition coefficient (Wildman–Crippen LogP) is 3.19. The molecular weight excluding hydrogens is 348 g/mol. The summed E-state index contributed by atoms with van der Waals surface area (Å²) in [5.41, 5.74) is 2.14. The Labute approximate surface area is 159 Å². The number of benzene rings is 2. The molecule has 0 unspecified atom stereocenters. The molecule has 1 saturated heterocycles. The third-order valence-electron chi connectivity index (χ3n) is 4.72. The van der Waals surface area contributed by atoms with Crippen molar-refractivity contribution in [3.05, 3.63) is 70.7 Å². The van der Waals surface area contributed by atoms with Crippen LogP contribution in [0.2, 0.25) is 5.02 Å². The first kappa shape index (κ1) is 18.5. The number of rotatable bonds is 5. The lowest BCUT2D eigenvalue weighted by Gasteiger charge is -2.35. The molecule has 2 amide bonds. The summed E-state index contributed by atoms with van der Waals surface area (Å²) in [4.78, 5) is 28.5. The SMILES string of the molecule is O=C(CCc1ccc(Cl)cc1)N1CCN(C(=O)Cc2ccccc2)CC1. The van der Waals surface area contributed by atoms with Crippen LogP contribution in [0, 0.1) is 0 Å².